The molecular weight excluding hydrogens is 432 g/mol. The SMILES string of the molecule is COc1cc(C(=O)NNC(=O)CNC(=O)c2cccc([N+](=O)[O-])c2)ccc1OCCC(C)C. The van der Waals surface area contributed by atoms with E-state index in [0.29, 0.717) is 24.0 Å². The predicted molar refractivity (Wildman–Crippen MR) is 119 cm³/mol. The molecule has 0 aromatic heterocycles. The van der Waals surface area contributed by atoms with Gasteiger partial charge in [-0.05, 0) is 36.6 Å². The van der Waals surface area contributed by atoms with E-state index < -0.39 is 29.2 Å². The van der Waals surface area contributed by atoms with Gasteiger partial charge < -0.3 is 14.8 Å². The van der Waals surface area contributed by atoms with E-state index in [2.05, 4.69) is 30.0 Å². The van der Waals surface area contributed by atoms with Crippen molar-refractivity contribution in [3.8, 4) is 11.5 Å². The summed E-state index contributed by atoms with van der Waals surface area (Å²) in [5.41, 5.74) is 4.44. The quantitative estimate of drug-likeness (QED) is 0.365. The van der Waals surface area contributed by atoms with Gasteiger partial charge in [0.1, 0.15) is 0 Å². The van der Waals surface area contributed by atoms with Gasteiger partial charge >= 0.3 is 0 Å². The Hall–Kier alpha value is -4.15. The Morgan fingerprint density at radius 2 is 1.73 bits per heavy atom. The average Bonchev–Trinajstić information content (AvgIpc) is 2.80. The number of amides is 3. The molecule has 0 aliphatic rings. The monoisotopic (exact) mass is 458 g/mol. The zero-order chi connectivity index (χ0) is 24.4. The Labute approximate surface area is 190 Å². The number of hydrazine groups is 1. The Kier molecular flexibility index (Phi) is 9.16. The fourth-order valence-corrected chi connectivity index (χ4v) is 2.60. The fraction of sp³-hybridized carbons (Fsp3) is 0.318. The normalized spacial score (nSPS) is 10.3. The fourth-order valence-electron chi connectivity index (χ4n) is 2.60. The highest BCUT2D eigenvalue weighted by Crippen LogP contribution is 2.28. The lowest BCUT2D eigenvalue weighted by molar-refractivity contribution is -0.384. The molecule has 11 heteroatoms. The first-order chi connectivity index (χ1) is 15.7. The van der Waals surface area contributed by atoms with Gasteiger partial charge in [0.25, 0.3) is 23.4 Å². The van der Waals surface area contributed by atoms with Crippen molar-refractivity contribution in [1.29, 1.82) is 0 Å². The first-order valence-electron chi connectivity index (χ1n) is 10.1. The highest BCUT2D eigenvalue weighted by molar-refractivity contribution is 5.98. The first kappa shape index (κ1) is 25.1. The number of nitro benzene ring substituents is 1. The minimum Gasteiger partial charge on any atom is -0.493 e. The average molecular weight is 458 g/mol. The molecule has 2 aromatic carbocycles. The maximum atomic E-state index is 12.3. The molecule has 0 radical (unpaired) electrons. The van der Waals surface area contributed by atoms with Crippen LogP contribution < -0.4 is 25.6 Å². The van der Waals surface area contributed by atoms with Crippen molar-refractivity contribution in [2.45, 2.75) is 20.3 Å². The van der Waals surface area contributed by atoms with Gasteiger partial charge in [-0.3, -0.25) is 35.3 Å². The lowest BCUT2D eigenvalue weighted by atomic mass is 10.1. The summed E-state index contributed by atoms with van der Waals surface area (Å²) in [5, 5.41) is 13.1. The van der Waals surface area contributed by atoms with E-state index in [1.165, 1.54) is 37.4 Å². The van der Waals surface area contributed by atoms with Gasteiger partial charge in [-0.25, -0.2) is 0 Å². The second-order valence-electron chi connectivity index (χ2n) is 7.39. The molecule has 0 saturated carbocycles. The zero-order valence-electron chi connectivity index (χ0n) is 18.5. The van der Waals surface area contributed by atoms with E-state index in [0.717, 1.165) is 12.5 Å². The van der Waals surface area contributed by atoms with Gasteiger partial charge in [0.15, 0.2) is 11.5 Å². The van der Waals surface area contributed by atoms with Crippen molar-refractivity contribution in [3.63, 3.8) is 0 Å². The third kappa shape index (κ3) is 7.80. The van der Waals surface area contributed by atoms with Crippen molar-refractivity contribution in [3.05, 3.63) is 63.7 Å². The number of nitrogens with one attached hydrogen (secondary N) is 3. The van der Waals surface area contributed by atoms with Crippen molar-refractivity contribution >= 4 is 23.4 Å². The number of benzene rings is 2. The minimum atomic E-state index is -0.692. The van der Waals surface area contributed by atoms with Crippen LogP contribution >= 0.6 is 0 Å². The summed E-state index contributed by atoms with van der Waals surface area (Å²) < 4.78 is 10.9. The Bertz CT molecular complexity index is 1020. The van der Waals surface area contributed by atoms with Gasteiger partial charge in [0, 0.05) is 23.3 Å². The Morgan fingerprint density at radius 1 is 1.00 bits per heavy atom. The van der Waals surface area contributed by atoms with Gasteiger partial charge in [0.2, 0.25) is 0 Å². The third-order valence-electron chi connectivity index (χ3n) is 4.42. The molecule has 11 nitrogen and oxygen atoms in total. The van der Waals surface area contributed by atoms with Crippen LogP contribution in [0.4, 0.5) is 5.69 Å². The molecule has 33 heavy (non-hydrogen) atoms. The van der Waals surface area contributed by atoms with E-state index in [1.807, 2.05) is 0 Å². The summed E-state index contributed by atoms with van der Waals surface area (Å²) in [5.74, 6) is -0.591. The third-order valence-corrected chi connectivity index (χ3v) is 4.42. The lowest BCUT2D eigenvalue weighted by Crippen LogP contribution is -2.46. The number of nitro groups is 1. The van der Waals surface area contributed by atoms with Crippen LogP contribution in [0.15, 0.2) is 42.5 Å². The van der Waals surface area contributed by atoms with E-state index in [-0.39, 0.29) is 16.8 Å². The van der Waals surface area contributed by atoms with Crippen LogP contribution in [-0.4, -0.2) is 42.9 Å². The Morgan fingerprint density at radius 3 is 2.39 bits per heavy atom. The molecule has 3 amide bonds. The van der Waals surface area contributed by atoms with Crippen molar-refractivity contribution in [2.75, 3.05) is 20.3 Å². The highest BCUT2D eigenvalue weighted by atomic mass is 16.6. The molecule has 0 heterocycles. The predicted octanol–water partition coefficient (Wildman–Crippen LogP) is 2.22. The van der Waals surface area contributed by atoms with E-state index in [4.69, 9.17) is 9.47 Å². The van der Waals surface area contributed by atoms with Crippen molar-refractivity contribution in [1.82, 2.24) is 16.2 Å². The topological polar surface area (TPSA) is 149 Å². The first-order valence-corrected chi connectivity index (χ1v) is 10.1. The molecule has 3 N–H and O–H groups in total. The number of rotatable bonds is 10. The smallest absolute Gasteiger partial charge is 0.270 e. The van der Waals surface area contributed by atoms with Crippen LogP contribution in [0.3, 0.4) is 0 Å². The number of carbonyl (C=O) groups is 3. The maximum absolute atomic E-state index is 12.3. The Balaban J connectivity index is 1.85. The highest BCUT2D eigenvalue weighted by Gasteiger charge is 2.14. The summed E-state index contributed by atoms with van der Waals surface area (Å²) in [7, 11) is 1.46. The molecule has 0 spiro atoms. The molecule has 0 aliphatic heterocycles. The summed E-state index contributed by atoms with van der Waals surface area (Å²) in [6.07, 6.45) is 0.870. The van der Waals surface area contributed by atoms with Crippen molar-refractivity contribution in [2.24, 2.45) is 5.92 Å². The second kappa shape index (κ2) is 12.0. The molecule has 2 rings (SSSR count). The molecule has 176 valence electrons. The molecule has 0 saturated heterocycles. The van der Waals surface area contributed by atoms with Crippen LogP contribution in [0.5, 0.6) is 11.5 Å². The molecule has 0 unspecified atom stereocenters. The standard InChI is InChI=1S/C22H26N4O7/c1-14(2)9-10-33-18-8-7-16(12-19(18)32-3)22(29)25-24-20(27)13-23-21(28)15-5-4-6-17(11-15)26(30)31/h4-8,11-12,14H,9-10,13H2,1-3H3,(H,23,28)(H,24,27)(H,25,29). The second-order valence-corrected chi connectivity index (χ2v) is 7.39. The number of carbonyl (C=O) groups excluding carboxylic acids is 3. The van der Waals surface area contributed by atoms with E-state index in [1.54, 1.807) is 6.07 Å². The van der Waals surface area contributed by atoms with Crippen LogP contribution in [0.25, 0.3) is 0 Å². The van der Waals surface area contributed by atoms with E-state index in [9.17, 15) is 24.5 Å². The largest absolute Gasteiger partial charge is 0.493 e. The van der Waals surface area contributed by atoms with E-state index >= 15 is 0 Å². The summed E-state index contributed by atoms with van der Waals surface area (Å²) >= 11 is 0. The molecule has 0 aliphatic carbocycles. The zero-order valence-corrected chi connectivity index (χ0v) is 18.5. The molecular formula is C22H26N4O7. The summed E-state index contributed by atoms with van der Waals surface area (Å²) in [4.78, 5) is 46.5. The summed E-state index contributed by atoms with van der Waals surface area (Å²) in [6, 6.07) is 9.70. The van der Waals surface area contributed by atoms with Gasteiger partial charge in [-0.15, -0.1) is 0 Å². The number of ether oxygens (including phenoxy) is 2. The van der Waals surface area contributed by atoms with Gasteiger partial charge in [-0.2, -0.15) is 0 Å². The van der Waals surface area contributed by atoms with Crippen LogP contribution in [0, 0.1) is 16.0 Å². The lowest BCUT2D eigenvalue weighted by Gasteiger charge is -2.13. The van der Waals surface area contributed by atoms with Crippen LogP contribution in [0.1, 0.15) is 41.0 Å². The number of nitrogens with zero attached hydrogens (tertiary/aromatic N) is 1. The number of methoxy groups -OCH3 is 1. The number of hydrogen-bond acceptors (Lipinski definition) is 7. The van der Waals surface area contributed by atoms with Crippen LogP contribution in [-0.2, 0) is 4.79 Å². The van der Waals surface area contributed by atoms with Gasteiger partial charge in [0.05, 0.1) is 25.2 Å². The molecule has 0 fully saturated rings. The number of non-ortho nitro benzene ring substituents is 1. The number of hydrogen-bond donors (Lipinski definition) is 3. The molecule has 0 atom stereocenters. The molecule has 0 bridgehead atoms. The summed E-state index contributed by atoms with van der Waals surface area (Å²) in [6.45, 7) is 4.23. The van der Waals surface area contributed by atoms with Crippen molar-refractivity contribution < 1.29 is 28.8 Å². The van der Waals surface area contributed by atoms with Crippen LogP contribution in [0.2, 0.25) is 0 Å². The minimum absolute atomic E-state index is 0.0313. The van der Waals surface area contributed by atoms with Gasteiger partial charge in [-0.1, -0.05) is 19.9 Å². The maximum Gasteiger partial charge on any atom is 0.270 e. The molecule has 2 aromatic rings.